The van der Waals surface area contributed by atoms with E-state index in [0.717, 1.165) is 11.6 Å². The lowest BCUT2D eigenvalue weighted by Gasteiger charge is -2.22. The molecule has 27 heavy (non-hydrogen) atoms. The number of hydrogen-bond donors (Lipinski definition) is 1. The number of benzene rings is 1. The Morgan fingerprint density at radius 1 is 1.15 bits per heavy atom. The molecule has 0 spiro atoms. The largest absolute Gasteiger partial charge is 0.417 e. The summed E-state index contributed by atoms with van der Waals surface area (Å²) in [5.74, 6) is 0. The Morgan fingerprint density at radius 2 is 1.78 bits per heavy atom. The molecule has 0 fully saturated rings. The number of nitrogens with one attached hydrogen (secondary N) is 1. The molecule has 3 aromatic rings. The lowest BCUT2D eigenvalue weighted by molar-refractivity contribution is -0.136. The van der Waals surface area contributed by atoms with E-state index >= 15 is 0 Å². The van der Waals surface area contributed by atoms with Crippen molar-refractivity contribution in [1.82, 2.24) is 14.5 Å². The number of rotatable bonds is 1. The van der Waals surface area contributed by atoms with Crippen molar-refractivity contribution in [3.8, 4) is 5.69 Å². The summed E-state index contributed by atoms with van der Waals surface area (Å²) in [5, 5.41) is -0.521. The first-order valence-electron chi connectivity index (χ1n) is 8.25. The van der Waals surface area contributed by atoms with Gasteiger partial charge in [-0.3, -0.25) is 14.3 Å². The van der Waals surface area contributed by atoms with Crippen molar-refractivity contribution in [2.75, 3.05) is 0 Å². The Labute approximate surface area is 158 Å². The Balaban J connectivity index is 2.61. The van der Waals surface area contributed by atoms with Gasteiger partial charge in [0, 0.05) is 11.1 Å². The topological polar surface area (TPSA) is 50.7 Å². The number of halogens is 3. The molecule has 142 valence electrons. The second-order valence-corrected chi connectivity index (χ2v) is 7.77. The maximum atomic E-state index is 13.8. The van der Waals surface area contributed by atoms with Gasteiger partial charge in [0.2, 0.25) is 0 Å². The third-order valence-electron chi connectivity index (χ3n) is 4.29. The second-order valence-electron chi connectivity index (χ2n) is 7.38. The van der Waals surface area contributed by atoms with Crippen LogP contribution in [0.3, 0.4) is 0 Å². The lowest BCUT2D eigenvalue weighted by Crippen LogP contribution is -2.23. The number of aromatic amines is 1. The van der Waals surface area contributed by atoms with Crippen LogP contribution in [0.1, 0.15) is 37.6 Å². The minimum absolute atomic E-state index is 0.00603. The molecule has 2 aromatic heterocycles. The molecule has 0 saturated heterocycles. The quantitative estimate of drug-likeness (QED) is 0.588. The SMILES string of the molecule is Cc1ccccc1-n1c(=S)[nH]c(=O)c2c(C(F)(F)F)cc(C(C)(C)C)nc21. The minimum Gasteiger partial charge on any atom is -0.298 e. The highest BCUT2D eigenvalue weighted by Crippen LogP contribution is 2.36. The lowest BCUT2D eigenvalue weighted by atomic mass is 9.90. The third kappa shape index (κ3) is 3.41. The number of aryl methyl sites for hydroxylation is 1. The van der Waals surface area contributed by atoms with Gasteiger partial charge in [0.25, 0.3) is 5.56 Å². The Morgan fingerprint density at radius 3 is 2.33 bits per heavy atom. The summed E-state index contributed by atoms with van der Waals surface area (Å²) in [6.07, 6.45) is -4.71. The van der Waals surface area contributed by atoms with Crippen molar-refractivity contribution in [3.05, 3.63) is 62.3 Å². The van der Waals surface area contributed by atoms with E-state index in [1.54, 1.807) is 32.9 Å². The number of H-pyrrole nitrogens is 1. The molecule has 0 bridgehead atoms. The molecule has 0 saturated carbocycles. The fourth-order valence-electron chi connectivity index (χ4n) is 2.87. The van der Waals surface area contributed by atoms with E-state index < -0.39 is 28.1 Å². The molecule has 0 amide bonds. The van der Waals surface area contributed by atoms with E-state index in [-0.39, 0.29) is 16.1 Å². The Hall–Kier alpha value is -2.48. The van der Waals surface area contributed by atoms with Crippen molar-refractivity contribution in [2.24, 2.45) is 0 Å². The minimum atomic E-state index is -4.71. The summed E-state index contributed by atoms with van der Waals surface area (Å²) in [4.78, 5) is 19.2. The molecule has 0 aliphatic carbocycles. The first-order valence-corrected chi connectivity index (χ1v) is 8.66. The van der Waals surface area contributed by atoms with Crippen molar-refractivity contribution < 1.29 is 13.2 Å². The van der Waals surface area contributed by atoms with Gasteiger partial charge in [-0.2, -0.15) is 13.2 Å². The van der Waals surface area contributed by atoms with Crippen LogP contribution in [-0.2, 0) is 11.6 Å². The third-order valence-corrected chi connectivity index (χ3v) is 4.58. The number of pyridine rings is 1. The number of alkyl halides is 3. The van der Waals surface area contributed by atoms with Crippen LogP contribution in [0, 0.1) is 11.7 Å². The summed E-state index contributed by atoms with van der Waals surface area (Å²) in [5.41, 5.74) is -1.09. The van der Waals surface area contributed by atoms with Gasteiger partial charge in [-0.05, 0) is 36.8 Å². The number of nitrogens with zero attached hydrogens (tertiary/aromatic N) is 2. The van der Waals surface area contributed by atoms with Crippen LogP contribution >= 0.6 is 12.2 Å². The molecule has 0 atom stereocenters. The highest BCUT2D eigenvalue weighted by molar-refractivity contribution is 7.71. The van der Waals surface area contributed by atoms with Gasteiger partial charge in [0.1, 0.15) is 0 Å². The monoisotopic (exact) mass is 393 g/mol. The number of fused-ring (bicyclic) bond motifs is 1. The van der Waals surface area contributed by atoms with Crippen LogP contribution in [0.5, 0.6) is 0 Å². The average Bonchev–Trinajstić information content (AvgIpc) is 2.53. The van der Waals surface area contributed by atoms with Crippen LogP contribution in [0.2, 0.25) is 0 Å². The van der Waals surface area contributed by atoms with Crippen LogP contribution in [0.15, 0.2) is 35.1 Å². The van der Waals surface area contributed by atoms with Crippen LogP contribution in [0.4, 0.5) is 13.2 Å². The second kappa shape index (κ2) is 6.30. The van der Waals surface area contributed by atoms with E-state index in [4.69, 9.17) is 12.2 Å². The highest BCUT2D eigenvalue weighted by atomic mass is 32.1. The molecule has 0 unspecified atom stereocenters. The number of para-hydroxylation sites is 1. The molecule has 8 heteroatoms. The number of aromatic nitrogens is 3. The van der Waals surface area contributed by atoms with Crippen molar-refractivity contribution in [3.63, 3.8) is 0 Å². The molecule has 0 aliphatic heterocycles. The zero-order chi connectivity index (χ0) is 20.1. The maximum Gasteiger partial charge on any atom is 0.417 e. The maximum absolute atomic E-state index is 13.8. The molecule has 0 radical (unpaired) electrons. The Bertz CT molecular complexity index is 1150. The summed E-state index contributed by atoms with van der Waals surface area (Å²) < 4.78 is 42.7. The molecular formula is C19H18F3N3OS. The molecule has 3 rings (SSSR count). The Kier molecular flexibility index (Phi) is 4.50. The fraction of sp³-hybridized carbons (Fsp3) is 0.316. The molecule has 2 heterocycles. The van der Waals surface area contributed by atoms with E-state index in [9.17, 15) is 18.0 Å². The summed E-state index contributed by atoms with van der Waals surface area (Å²) >= 11 is 5.27. The summed E-state index contributed by atoms with van der Waals surface area (Å²) in [6.45, 7) is 7.11. The van der Waals surface area contributed by atoms with E-state index in [2.05, 4.69) is 9.97 Å². The number of hydrogen-bond acceptors (Lipinski definition) is 3. The van der Waals surface area contributed by atoms with Crippen molar-refractivity contribution in [1.29, 1.82) is 0 Å². The van der Waals surface area contributed by atoms with Gasteiger partial charge in [-0.25, -0.2) is 4.98 Å². The van der Waals surface area contributed by atoms with E-state index in [1.807, 2.05) is 19.1 Å². The summed E-state index contributed by atoms with van der Waals surface area (Å²) in [7, 11) is 0. The smallest absolute Gasteiger partial charge is 0.298 e. The van der Waals surface area contributed by atoms with Crippen LogP contribution in [0.25, 0.3) is 16.7 Å². The van der Waals surface area contributed by atoms with E-state index in [1.165, 1.54) is 4.57 Å². The predicted octanol–water partition coefficient (Wildman–Crippen LogP) is 5.07. The van der Waals surface area contributed by atoms with Gasteiger partial charge in [-0.15, -0.1) is 0 Å². The normalized spacial score (nSPS) is 12.6. The van der Waals surface area contributed by atoms with Crippen molar-refractivity contribution >= 4 is 23.3 Å². The first-order chi connectivity index (χ1) is 12.4. The highest BCUT2D eigenvalue weighted by Gasteiger charge is 2.36. The summed E-state index contributed by atoms with van der Waals surface area (Å²) in [6, 6.07) is 8.04. The first kappa shape index (κ1) is 19.3. The molecule has 4 nitrogen and oxygen atoms in total. The van der Waals surface area contributed by atoms with Gasteiger partial charge >= 0.3 is 6.18 Å². The standard InChI is InChI=1S/C19H18F3N3OS/c1-10-7-5-6-8-12(10)25-15-14(16(26)24-17(25)27)11(19(20,21)22)9-13(23-15)18(2,3)4/h5-9H,1-4H3,(H,24,26,27). The van der Waals surface area contributed by atoms with Gasteiger partial charge in [0.05, 0.1) is 16.6 Å². The van der Waals surface area contributed by atoms with Crippen molar-refractivity contribution in [2.45, 2.75) is 39.3 Å². The average molecular weight is 393 g/mol. The van der Waals surface area contributed by atoms with E-state index in [0.29, 0.717) is 5.69 Å². The molecule has 1 aromatic carbocycles. The predicted molar refractivity (Wildman–Crippen MR) is 101 cm³/mol. The van der Waals surface area contributed by atoms with Crippen LogP contribution in [-0.4, -0.2) is 14.5 Å². The van der Waals surface area contributed by atoms with Gasteiger partial charge in [-0.1, -0.05) is 39.0 Å². The fourth-order valence-corrected chi connectivity index (χ4v) is 3.15. The van der Waals surface area contributed by atoms with Gasteiger partial charge < -0.3 is 0 Å². The molecule has 0 aliphatic rings. The van der Waals surface area contributed by atoms with Crippen LogP contribution < -0.4 is 5.56 Å². The molecular weight excluding hydrogens is 375 g/mol. The van der Waals surface area contributed by atoms with Gasteiger partial charge in [0.15, 0.2) is 10.4 Å². The zero-order valence-electron chi connectivity index (χ0n) is 15.2. The molecule has 1 N–H and O–H groups in total. The zero-order valence-corrected chi connectivity index (χ0v) is 16.0.